The second-order valence-electron chi connectivity index (χ2n) is 6.37. The largest absolute Gasteiger partial charge is 1.00 e. The van der Waals surface area contributed by atoms with Crippen LogP contribution in [0.4, 0.5) is 0 Å². The second kappa shape index (κ2) is 12.3. The summed E-state index contributed by atoms with van der Waals surface area (Å²) in [5, 5.41) is 0. The van der Waals surface area contributed by atoms with E-state index >= 15 is 0 Å². The van der Waals surface area contributed by atoms with Crippen LogP contribution in [-0.2, 0) is 18.0 Å². The summed E-state index contributed by atoms with van der Waals surface area (Å²) in [5.74, 6) is 0. The van der Waals surface area contributed by atoms with Crippen LogP contribution >= 0.6 is 0 Å². The number of halogens is 1. The van der Waals surface area contributed by atoms with Crippen molar-refractivity contribution in [2.24, 2.45) is 0 Å². The monoisotopic (exact) mass is 352 g/mol. The Bertz CT molecular complexity index is 568. The molecule has 0 N–H and O–H groups in total. The van der Waals surface area contributed by atoms with Crippen LogP contribution in [-0.4, -0.2) is 11.2 Å². The maximum atomic E-state index is 5.88. The number of imidazole rings is 1. The SMILES string of the molecule is CCCCCCCCCCOC[n+]1cn(CC)c2ccccc21.[Cl-]. The fraction of sp³-hybridized carbons (Fsp3) is 0.650. The zero-order valence-corrected chi connectivity index (χ0v) is 16.1. The summed E-state index contributed by atoms with van der Waals surface area (Å²) in [5.41, 5.74) is 2.54. The number of para-hydroxylation sites is 2. The Morgan fingerprint density at radius 1 is 0.917 bits per heavy atom. The van der Waals surface area contributed by atoms with Crippen molar-refractivity contribution >= 4 is 11.0 Å². The molecular formula is C20H33ClN2O. The number of unbranched alkanes of at least 4 members (excludes halogenated alkanes) is 7. The topological polar surface area (TPSA) is 18.0 Å². The number of hydrogen-bond donors (Lipinski definition) is 0. The lowest BCUT2D eigenvalue weighted by Gasteiger charge is -2.03. The third-order valence-corrected chi connectivity index (χ3v) is 4.49. The van der Waals surface area contributed by atoms with Crippen molar-refractivity contribution in [1.29, 1.82) is 0 Å². The molecule has 136 valence electrons. The minimum Gasteiger partial charge on any atom is -1.00 e. The third kappa shape index (κ3) is 6.45. The molecule has 0 aliphatic rings. The molecule has 0 fully saturated rings. The van der Waals surface area contributed by atoms with Crippen molar-refractivity contribution in [2.75, 3.05) is 6.61 Å². The Kier molecular flexibility index (Phi) is 10.8. The molecule has 0 unspecified atom stereocenters. The quantitative estimate of drug-likeness (QED) is 0.422. The van der Waals surface area contributed by atoms with E-state index in [4.69, 9.17) is 4.74 Å². The summed E-state index contributed by atoms with van der Waals surface area (Å²) in [6, 6.07) is 8.53. The first-order chi connectivity index (χ1) is 11.4. The van der Waals surface area contributed by atoms with Gasteiger partial charge in [0.05, 0.1) is 13.2 Å². The summed E-state index contributed by atoms with van der Waals surface area (Å²) in [6.07, 6.45) is 12.9. The van der Waals surface area contributed by atoms with Gasteiger partial charge in [0, 0.05) is 0 Å². The van der Waals surface area contributed by atoms with Gasteiger partial charge in [-0.1, -0.05) is 64.0 Å². The lowest BCUT2D eigenvalue weighted by Crippen LogP contribution is -3.00. The van der Waals surface area contributed by atoms with Crippen LogP contribution in [0.2, 0.25) is 0 Å². The molecule has 0 bridgehead atoms. The average Bonchev–Trinajstić information content (AvgIpc) is 2.95. The first kappa shape index (κ1) is 21.0. The third-order valence-electron chi connectivity index (χ3n) is 4.49. The molecule has 1 aromatic heterocycles. The van der Waals surface area contributed by atoms with Crippen molar-refractivity contribution < 1.29 is 21.7 Å². The Morgan fingerprint density at radius 2 is 1.58 bits per heavy atom. The molecule has 3 nitrogen and oxygen atoms in total. The molecule has 1 aromatic carbocycles. The maximum absolute atomic E-state index is 5.88. The van der Waals surface area contributed by atoms with Gasteiger partial charge < -0.3 is 17.1 Å². The second-order valence-corrected chi connectivity index (χ2v) is 6.37. The van der Waals surface area contributed by atoms with E-state index < -0.39 is 0 Å². The van der Waals surface area contributed by atoms with Gasteiger partial charge >= 0.3 is 0 Å². The predicted octanol–water partition coefficient (Wildman–Crippen LogP) is 2.07. The Labute approximate surface area is 153 Å². The molecule has 0 spiro atoms. The number of hydrogen-bond acceptors (Lipinski definition) is 1. The van der Waals surface area contributed by atoms with Gasteiger partial charge in [0.1, 0.15) is 0 Å². The highest BCUT2D eigenvalue weighted by atomic mass is 35.5. The number of rotatable bonds is 12. The summed E-state index contributed by atoms with van der Waals surface area (Å²) in [6.45, 7) is 6.97. The molecule has 24 heavy (non-hydrogen) atoms. The van der Waals surface area contributed by atoms with Gasteiger partial charge in [-0.25, -0.2) is 9.13 Å². The number of nitrogens with zero attached hydrogens (tertiary/aromatic N) is 2. The van der Waals surface area contributed by atoms with Gasteiger partial charge in [0.2, 0.25) is 6.33 Å². The standard InChI is InChI=1S/C20H33N2O.ClH/c1-3-5-6-7-8-9-10-13-16-23-18-22-17-21(4-2)19-14-11-12-15-20(19)22;/h11-12,14-15,17H,3-10,13,16,18H2,1-2H3;1H/q+1;/p-1. The van der Waals surface area contributed by atoms with E-state index in [1.54, 1.807) is 0 Å². The smallest absolute Gasteiger partial charge is 0.246 e. The number of aryl methyl sites for hydroxylation is 1. The number of aromatic nitrogens is 2. The minimum atomic E-state index is 0. The molecule has 0 saturated heterocycles. The summed E-state index contributed by atoms with van der Waals surface area (Å²) < 4.78 is 10.4. The van der Waals surface area contributed by atoms with Gasteiger partial charge in [-0.2, -0.15) is 0 Å². The predicted molar refractivity (Wildman–Crippen MR) is 96.4 cm³/mol. The fourth-order valence-electron chi connectivity index (χ4n) is 3.10. The lowest BCUT2D eigenvalue weighted by atomic mass is 10.1. The van der Waals surface area contributed by atoms with E-state index in [0.717, 1.165) is 13.2 Å². The Balaban J connectivity index is 0.00000288. The van der Waals surface area contributed by atoms with E-state index in [1.807, 2.05) is 0 Å². The van der Waals surface area contributed by atoms with Crippen molar-refractivity contribution in [3.05, 3.63) is 30.6 Å². The highest BCUT2D eigenvalue weighted by Gasteiger charge is 2.13. The molecule has 0 aliphatic carbocycles. The number of ether oxygens (including phenoxy) is 1. The highest BCUT2D eigenvalue weighted by Crippen LogP contribution is 2.11. The van der Waals surface area contributed by atoms with Crippen molar-refractivity contribution in [3.63, 3.8) is 0 Å². The van der Waals surface area contributed by atoms with Crippen molar-refractivity contribution in [3.8, 4) is 0 Å². The molecule has 0 amide bonds. The van der Waals surface area contributed by atoms with Crippen LogP contribution in [0.1, 0.15) is 65.2 Å². The minimum absolute atomic E-state index is 0. The van der Waals surface area contributed by atoms with E-state index in [9.17, 15) is 0 Å². The zero-order valence-electron chi connectivity index (χ0n) is 15.3. The van der Waals surface area contributed by atoms with Gasteiger partial charge in [-0.05, 0) is 25.5 Å². The van der Waals surface area contributed by atoms with Gasteiger partial charge in [0.15, 0.2) is 17.8 Å². The number of benzene rings is 1. The summed E-state index contributed by atoms with van der Waals surface area (Å²) in [7, 11) is 0. The molecule has 2 aromatic rings. The van der Waals surface area contributed by atoms with E-state index in [0.29, 0.717) is 6.73 Å². The van der Waals surface area contributed by atoms with Crippen molar-refractivity contribution in [1.82, 2.24) is 4.57 Å². The molecule has 0 saturated carbocycles. The van der Waals surface area contributed by atoms with Crippen LogP contribution in [0.15, 0.2) is 30.6 Å². The molecule has 0 radical (unpaired) electrons. The first-order valence-electron chi connectivity index (χ1n) is 9.41. The molecule has 4 heteroatoms. The molecular weight excluding hydrogens is 320 g/mol. The lowest BCUT2D eigenvalue weighted by molar-refractivity contribution is -0.710. The molecule has 0 atom stereocenters. The van der Waals surface area contributed by atoms with E-state index in [1.165, 1.54) is 62.4 Å². The first-order valence-corrected chi connectivity index (χ1v) is 9.41. The van der Waals surface area contributed by atoms with Crippen LogP contribution in [0.25, 0.3) is 11.0 Å². The molecule has 1 heterocycles. The summed E-state index contributed by atoms with van der Waals surface area (Å²) in [4.78, 5) is 0. The van der Waals surface area contributed by atoms with Gasteiger partial charge in [-0.3, -0.25) is 0 Å². The average molecular weight is 353 g/mol. The zero-order chi connectivity index (χ0) is 16.3. The van der Waals surface area contributed by atoms with Gasteiger partial charge in [-0.15, -0.1) is 0 Å². The molecule has 0 aliphatic heterocycles. The summed E-state index contributed by atoms with van der Waals surface area (Å²) >= 11 is 0. The van der Waals surface area contributed by atoms with E-state index in [2.05, 4.69) is 53.6 Å². The van der Waals surface area contributed by atoms with E-state index in [-0.39, 0.29) is 12.4 Å². The van der Waals surface area contributed by atoms with Crippen LogP contribution < -0.4 is 17.0 Å². The Morgan fingerprint density at radius 3 is 2.29 bits per heavy atom. The van der Waals surface area contributed by atoms with Gasteiger partial charge in [0.25, 0.3) is 0 Å². The van der Waals surface area contributed by atoms with Crippen LogP contribution in [0.3, 0.4) is 0 Å². The number of fused-ring (bicyclic) bond motifs is 1. The maximum Gasteiger partial charge on any atom is 0.246 e. The molecule has 2 rings (SSSR count). The normalized spacial score (nSPS) is 10.9. The van der Waals surface area contributed by atoms with Crippen LogP contribution in [0, 0.1) is 0 Å². The fourth-order valence-corrected chi connectivity index (χ4v) is 3.10. The van der Waals surface area contributed by atoms with Crippen LogP contribution in [0.5, 0.6) is 0 Å². The Hall–Kier alpha value is -1.06. The highest BCUT2D eigenvalue weighted by molar-refractivity contribution is 5.71. The van der Waals surface area contributed by atoms with Crippen molar-refractivity contribution in [2.45, 2.75) is 78.5 Å².